The maximum atomic E-state index is 12.8. The van der Waals surface area contributed by atoms with Gasteiger partial charge in [0.2, 0.25) is 0 Å². The summed E-state index contributed by atoms with van der Waals surface area (Å²) in [5, 5.41) is 2.14. The Morgan fingerprint density at radius 1 is 1.10 bits per heavy atom. The van der Waals surface area contributed by atoms with Gasteiger partial charge < -0.3 is 13.7 Å². The molecule has 0 fully saturated rings. The van der Waals surface area contributed by atoms with Crippen molar-refractivity contribution in [2.24, 2.45) is 0 Å². The van der Waals surface area contributed by atoms with E-state index in [9.17, 15) is 14.4 Å². The number of para-hydroxylation sites is 1. The van der Waals surface area contributed by atoms with Crippen LogP contribution in [0.25, 0.3) is 0 Å². The monoisotopic (exact) mass is 400 g/mol. The van der Waals surface area contributed by atoms with Crippen molar-refractivity contribution >= 4 is 17.6 Å². The van der Waals surface area contributed by atoms with E-state index in [0.717, 1.165) is 11.1 Å². The number of carbonyl (C=O) groups is 2. The normalized spacial score (nSPS) is 11.2. The van der Waals surface area contributed by atoms with E-state index in [1.54, 1.807) is 26.0 Å². The second kappa shape index (κ2) is 9.59. The molecule has 0 aliphatic carbocycles. The van der Waals surface area contributed by atoms with Crippen LogP contribution in [0.3, 0.4) is 0 Å². The number of amides is 1. The van der Waals surface area contributed by atoms with Gasteiger partial charge in [-0.25, -0.2) is 4.79 Å². The fraction of sp³-hybridized carbons (Fsp3) is 0.286. The third-order valence-corrected chi connectivity index (χ3v) is 4.21. The number of ether oxygens (including phenoxy) is 1. The molecule has 1 N–H and O–H groups in total. The van der Waals surface area contributed by atoms with E-state index < -0.39 is 12.0 Å². The summed E-state index contributed by atoms with van der Waals surface area (Å²) in [5.41, 5.74) is 2.31. The SMILES string of the molecule is COC(=O)C(C)N(C(=O)c1ccco1)c1c(C)cccc1C.Cc1cc(=O)[nH]o1. The predicted octanol–water partition coefficient (Wildman–Crippen LogP) is 3.38. The number of furan rings is 1. The van der Waals surface area contributed by atoms with Crippen LogP contribution in [-0.2, 0) is 9.53 Å². The first-order valence-corrected chi connectivity index (χ1v) is 8.92. The summed E-state index contributed by atoms with van der Waals surface area (Å²) in [6.45, 7) is 7.14. The van der Waals surface area contributed by atoms with Gasteiger partial charge in [0, 0.05) is 6.07 Å². The molecule has 8 heteroatoms. The number of benzene rings is 1. The molecule has 0 aliphatic heterocycles. The van der Waals surface area contributed by atoms with Gasteiger partial charge in [-0.15, -0.1) is 0 Å². The number of hydrogen-bond donors (Lipinski definition) is 1. The van der Waals surface area contributed by atoms with Crippen LogP contribution in [0.5, 0.6) is 0 Å². The molecular weight excluding hydrogens is 376 g/mol. The number of aromatic amines is 1. The van der Waals surface area contributed by atoms with Gasteiger partial charge in [-0.2, -0.15) is 5.16 Å². The molecule has 29 heavy (non-hydrogen) atoms. The molecule has 0 radical (unpaired) electrons. The second-order valence-corrected chi connectivity index (χ2v) is 6.42. The lowest BCUT2D eigenvalue weighted by atomic mass is 10.1. The summed E-state index contributed by atoms with van der Waals surface area (Å²) in [5.74, 6) is -0.0636. The van der Waals surface area contributed by atoms with E-state index in [1.165, 1.54) is 24.3 Å². The minimum Gasteiger partial charge on any atom is -0.467 e. The number of aromatic nitrogens is 1. The number of nitrogens with zero attached hydrogens (tertiary/aromatic N) is 1. The first kappa shape index (κ1) is 21.7. The van der Waals surface area contributed by atoms with Crippen molar-refractivity contribution < 1.29 is 23.3 Å². The highest BCUT2D eigenvalue weighted by Gasteiger charge is 2.32. The zero-order chi connectivity index (χ0) is 21.6. The molecule has 1 amide bonds. The molecule has 1 aromatic carbocycles. The molecule has 3 rings (SSSR count). The number of hydrogen-bond acceptors (Lipinski definition) is 6. The van der Waals surface area contributed by atoms with Crippen molar-refractivity contribution in [3.63, 3.8) is 0 Å². The number of anilines is 1. The molecule has 3 aromatic rings. The zero-order valence-electron chi connectivity index (χ0n) is 17.0. The van der Waals surface area contributed by atoms with Crippen LogP contribution in [-0.4, -0.2) is 30.2 Å². The molecule has 0 saturated carbocycles. The predicted molar refractivity (Wildman–Crippen MR) is 107 cm³/mol. The Balaban J connectivity index is 0.000000360. The van der Waals surface area contributed by atoms with E-state index in [-0.39, 0.29) is 17.2 Å². The highest BCUT2D eigenvalue weighted by Crippen LogP contribution is 2.28. The molecule has 0 saturated heterocycles. The Labute approximate surface area is 168 Å². The van der Waals surface area contributed by atoms with Crippen molar-refractivity contribution in [2.75, 3.05) is 12.0 Å². The van der Waals surface area contributed by atoms with Crippen molar-refractivity contribution in [1.82, 2.24) is 5.16 Å². The van der Waals surface area contributed by atoms with Crippen LogP contribution >= 0.6 is 0 Å². The van der Waals surface area contributed by atoms with Crippen LogP contribution in [0, 0.1) is 20.8 Å². The quantitative estimate of drug-likeness (QED) is 0.673. The Morgan fingerprint density at radius 3 is 2.17 bits per heavy atom. The summed E-state index contributed by atoms with van der Waals surface area (Å²) < 4.78 is 14.5. The average Bonchev–Trinajstić information content (AvgIpc) is 3.35. The van der Waals surface area contributed by atoms with Gasteiger partial charge >= 0.3 is 5.97 Å². The number of carbonyl (C=O) groups excluding carboxylic acids is 2. The molecule has 154 valence electrons. The second-order valence-electron chi connectivity index (χ2n) is 6.42. The van der Waals surface area contributed by atoms with Gasteiger partial charge in [-0.1, -0.05) is 18.2 Å². The molecule has 1 atom stereocenters. The first-order chi connectivity index (χ1) is 13.8. The molecular formula is C21H24N2O6. The summed E-state index contributed by atoms with van der Waals surface area (Å²) in [6.07, 6.45) is 1.43. The maximum absolute atomic E-state index is 12.8. The maximum Gasteiger partial charge on any atom is 0.328 e. The lowest BCUT2D eigenvalue weighted by molar-refractivity contribution is -0.141. The minimum atomic E-state index is -0.762. The summed E-state index contributed by atoms with van der Waals surface area (Å²) in [4.78, 5) is 36.3. The van der Waals surface area contributed by atoms with Crippen molar-refractivity contribution in [3.8, 4) is 0 Å². The third-order valence-electron chi connectivity index (χ3n) is 4.21. The fourth-order valence-corrected chi connectivity index (χ4v) is 2.83. The standard InChI is InChI=1S/C17H19NO4.C4H5NO2/c1-11-7-5-8-12(2)15(11)18(13(3)17(20)21-4)16(19)14-9-6-10-22-14;1-3-2-4(6)5-7-3/h5-10,13H,1-4H3;2H,1H3,(H,5,6). The van der Waals surface area contributed by atoms with Crippen LogP contribution < -0.4 is 10.5 Å². The van der Waals surface area contributed by atoms with Gasteiger partial charge in [0.05, 0.1) is 19.1 Å². The number of nitrogens with one attached hydrogen (secondary N) is 1. The van der Waals surface area contributed by atoms with E-state index in [0.29, 0.717) is 11.4 Å². The van der Waals surface area contributed by atoms with Crippen molar-refractivity contribution in [1.29, 1.82) is 0 Å². The Morgan fingerprint density at radius 2 is 1.76 bits per heavy atom. The zero-order valence-corrected chi connectivity index (χ0v) is 17.0. The van der Waals surface area contributed by atoms with Crippen molar-refractivity contribution in [3.05, 3.63) is 75.7 Å². The van der Waals surface area contributed by atoms with Crippen molar-refractivity contribution in [2.45, 2.75) is 33.7 Å². The number of rotatable bonds is 4. The van der Waals surface area contributed by atoms with Crippen LogP contribution in [0.1, 0.15) is 34.4 Å². The van der Waals surface area contributed by atoms with Gasteiger partial charge in [0.1, 0.15) is 11.8 Å². The third kappa shape index (κ3) is 5.25. The Kier molecular flexibility index (Phi) is 7.19. The molecule has 0 aliphatic rings. The smallest absolute Gasteiger partial charge is 0.328 e. The largest absolute Gasteiger partial charge is 0.467 e. The lowest BCUT2D eigenvalue weighted by Crippen LogP contribution is -2.44. The number of methoxy groups -OCH3 is 1. The molecule has 2 heterocycles. The fourth-order valence-electron chi connectivity index (χ4n) is 2.83. The first-order valence-electron chi connectivity index (χ1n) is 8.92. The summed E-state index contributed by atoms with van der Waals surface area (Å²) in [7, 11) is 1.30. The highest BCUT2D eigenvalue weighted by atomic mass is 16.5. The summed E-state index contributed by atoms with van der Waals surface area (Å²) >= 11 is 0. The van der Waals surface area contributed by atoms with E-state index >= 15 is 0 Å². The van der Waals surface area contributed by atoms with E-state index in [2.05, 4.69) is 9.68 Å². The highest BCUT2D eigenvalue weighted by molar-refractivity contribution is 6.08. The van der Waals surface area contributed by atoms with Crippen LogP contribution in [0.4, 0.5) is 5.69 Å². The lowest BCUT2D eigenvalue weighted by Gasteiger charge is -2.29. The average molecular weight is 400 g/mol. The summed E-state index contributed by atoms with van der Waals surface area (Å²) in [6, 6.07) is 9.55. The number of aryl methyl sites for hydroxylation is 3. The van der Waals surface area contributed by atoms with Crippen LogP contribution in [0.2, 0.25) is 0 Å². The molecule has 8 nitrogen and oxygen atoms in total. The molecule has 0 spiro atoms. The van der Waals surface area contributed by atoms with E-state index in [4.69, 9.17) is 9.15 Å². The number of esters is 1. The van der Waals surface area contributed by atoms with E-state index in [1.807, 2.05) is 32.0 Å². The minimum absolute atomic E-state index is 0.179. The topological polar surface area (TPSA) is 106 Å². The van der Waals surface area contributed by atoms with Crippen LogP contribution in [0.15, 0.2) is 56.4 Å². The Bertz CT molecular complexity index is 996. The molecule has 0 bridgehead atoms. The molecule has 2 aromatic heterocycles. The molecule has 1 unspecified atom stereocenters. The van der Waals surface area contributed by atoms with Gasteiger partial charge in [0.25, 0.3) is 11.5 Å². The van der Waals surface area contributed by atoms with Gasteiger partial charge in [0.15, 0.2) is 5.76 Å². The van der Waals surface area contributed by atoms with Gasteiger partial charge in [-0.3, -0.25) is 14.5 Å². The number of H-pyrrole nitrogens is 1. The Hall–Kier alpha value is -3.55. The van der Waals surface area contributed by atoms with Gasteiger partial charge in [-0.05, 0) is 51.0 Å².